The van der Waals surface area contributed by atoms with Crippen molar-refractivity contribution in [1.29, 1.82) is 0 Å². The average Bonchev–Trinajstić information content (AvgIpc) is 2.76. The number of rotatable bonds is 5. The number of methoxy groups -OCH3 is 1. The summed E-state index contributed by atoms with van der Waals surface area (Å²) >= 11 is 0. The second-order valence-electron chi connectivity index (χ2n) is 3.45. The Morgan fingerprint density at radius 2 is 2.38 bits per heavy atom. The fraction of sp³-hybridized carbons (Fsp3) is 0.333. The van der Waals surface area contributed by atoms with E-state index < -0.39 is 0 Å². The molecule has 0 atom stereocenters. The lowest BCUT2D eigenvalue weighted by Crippen LogP contribution is -2.12. The van der Waals surface area contributed by atoms with Gasteiger partial charge in [-0.1, -0.05) is 6.08 Å². The van der Waals surface area contributed by atoms with E-state index in [1.807, 2.05) is 18.2 Å². The molecule has 4 nitrogen and oxygen atoms in total. The van der Waals surface area contributed by atoms with Gasteiger partial charge in [-0.25, -0.2) is 0 Å². The summed E-state index contributed by atoms with van der Waals surface area (Å²) in [7, 11) is 1.62. The lowest BCUT2D eigenvalue weighted by atomic mass is 10.2. The van der Waals surface area contributed by atoms with Crippen molar-refractivity contribution in [3.63, 3.8) is 0 Å². The molecular weight excluding hydrogens is 206 g/mol. The molecule has 2 rings (SSSR count). The highest BCUT2D eigenvalue weighted by molar-refractivity contribution is 5.55. The molecule has 0 aliphatic carbocycles. The summed E-state index contributed by atoms with van der Waals surface area (Å²) in [6.45, 7) is 5.43. The number of ether oxygens (including phenoxy) is 3. The monoisotopic (exact) mass is 221 g/mol. The molecule has 16 heavy (non-hydrogen) atoms. The molecule has 1 aromatic rings. The Morgan fingerprint density at radius 3 is 3.12 bits per heavy atom. The van der Waals surface area contributed by atoms with Crippen molar-refractivity contribution < 1.29 is 14.2 Å². The molecule has 0 saturated carbocycles. The van der Waals surface area contributed by atoms with E-state index in [1.165, 1.54) is 0 Å². The number of hydrogen-bond donors (Lipinski definition) is 1. The average molecular weight is 221 g/mol. The van der Waals surface area contributed by atoms with Crippen LogP contribution in [0.15, 0.2) is 24.8 Å². The summed E-state index contributed by atoms with van der Waals surface area (Å²) < 4.78 is 15.9. The van der Waals surface area contributed by atoms with E-state index in [0.717, 1.165) is 24.4 Å². The van der Waals surface area contributed by atoms with Gasteiger partial charge in [-0.2, -0.15) is 0 Å². The summed E-state index contributed by atoms with van der Waals surface area (Å²) in [5, 5.41) is 3.22. The number of hydrogen-bond acceptors (Lipinski definition) is 4. The quantitative estimate of drug-likeness (QED) is 0.607. The third-order valence-corrected chi connectivity index (χ3v) is 2.34. The predicted octanol–water partition coefficient (Wildman–Crippen LogP) is 1.70. The second kappa shape index (κ2) is 4.90. The van der Waals surface area contributed by atoms with Crippen molar-refractivity contribution in [1.82, 2.24) is 5.32 Å². The predicted molar refractivity (Wildman–Crippen MR) is 61.0 cm³/mol. The number of fused-ring (bicyclic) bond motifs is 1. The molecule has 0 radical (unpaired) electrons. The van der Waals surface area contributed by atoms with Crippen LogP contribution in [0.5, 0.6) is 17.2 Å². The van der Waals surface area contributed by atoms with Crippen LogP contribution in [0.25, 0.3) is 0 Å². The summed E-state index contributed by atoms with van der Waals surface area (Å²) in [6.07, 6.45) is 1.82. The fourth-order valence-corrected chi connectivity index (χ4v) is 1.60. The van der Waals surface area contributed by atoms with E-state index in [1.54, 1.807) is 7.11 Å². The van der Waals surface area contributed by atoms with E-state index in [4.69, 9.17) is 14.2 Å². The topological polar surface area (TPSA) is 39.7 Å². The molecule has 1 aliphatic heterocycles. The Hall–Kier alpha value is -1.68. The number of nitrogens with one attached hydrogen (secondary N) is 1. The smallest absolute Gasteiger partial charge is 0.231 e. The maximum absolute atomic E-state index is 5.34. The lowest BCUT2D eigenvalue weighted by molar-refractivity contribution is 0.171. The molecule has 4 heteroatoms. The van der Waals surface area contributed by atoms with E-state index in [-0.39, 0.29) is 6.79 Å². The molecule has 0 aromatic heterocycles. The minimum absolute atomic E-state index is 0.259. The molecular formula is C12H15NO3. The van der Waals surface area contributed by atoms with Gasteiger partial charge in [0.25, 0.3) is 0 Å². The van der Waals surface area contributed by atoms with Crippen LogP contribution in [0.1, 0.15) is 5.56 Å². The molecule has 1 aromatic carbocycles. The first-order valence-electron chi connectivity index (χ1n) is 5.13. The van der Waals surface area contributed by atoms with Gasteiger partial charge in [0, 0.05) is 13.1 Å². The van der Waals surface area contributed by atoms with Crippen LogP contribution in [0.4, 0.5) is 0 Å². The molecule has 1 N–H and O–H groups in total. The molecule has 0 saturated heterocycles. The maximum atomic E-state index is 5.34. The first-order chi connectivity index (χ1) is 7.85. The van der Waals surface area contributed by atoms with E-state index >= 15 is 0 Å². The van der Waals surface area contributed by atoms with Crippen LogP contribution in [0, 0.1) is 0 Å². The summed E-state index contributed by atoms with van der Waals surface area (Å²) in [4.78, 5) is 0. The van der Waals surface area contributed by atoms with E-state index in [2.05, 4.69) is 11.9 Å². The van der Waals surface area contributed by atoms with E-state index in [9.17, 15) is 0 Å². The lowest BCUT2D eigenvalue weighted by Gasteiger charge is -2.08. The molecule has 1 heterocycles. The Morgan fingerprint density at radius 1 is 1.50 bits per heavy atom. The van der Waals surface area contributed by atoms with Gasteiger partial charge in [0.15, 0.2) is 11.5 Å². The second-order valence-corrected chi connectivity index (χ2v) is 3.45. The highest BCUT2D eigenvalue weighted by Gasteiger charge is 2.19. The van der Waals surface area contributed by atoms with Crippen molar-refractivity contribution in [2.75, 3.05) is 20.4 Å². The zero-order valence-corrected chi connectivity index (χ0v) is 9.29. The standard InChI is InChI=1S/C12H15NO3/c1-3-4-13-7-9-5-10(14-2)12-11(6-9)15-8-16-12/h3,5-6,13H,1,4,7-8H2,2H3. The molecule has 86 valence electrons. The highest BCUT2D eigenvalue weighted by Crippen LogP contribution is 2.41. The third-order valence-electron chi connectivity index (χ3n) is 2.34. The van der Waals surface area contributed by atoms with Gasteiger partial charge in [-0.3, -0.25) is 0 Å². The van der Waals surface area contributed by atoms with Crippen LogP contribution in [0.2, 0.25) is 0 Å². The zero-order valence-electron chi connectivity index (χ0n) is 9.29. The van der Waals surface area contributed by atoms with E-state index in [0.29, 0.717) is 11.5 Å². The SMILES string of the molecule is C=CCNCc1cc(OC)c2c(c1)OCO2. The van der Waals surface area contributed by atoms with Crippen molar-refractivity contribution in [3.05, 3.63) is 30.4 Å². The van der Waals surface area contributed by atoms with Gasteiger partial charge in [0.05, 0.1) is 7.11 Å². The molecule has 0 spiro atoms. The Kier molecular flexibility index (Phi) is 3.31. The Labute approximate surface area is 94.8 Å². The summed E-state index contributed by atoms with van der Waals surface area (Å²) in [5.41, 5.74) is 1.10. The first kappa shape index (κ1) is 10.8. The van der Waals surface area contributed by atoms with Crippen LogP contribution < -0.4 is 19.5 Å². The van der Waals surface area contributed by atoms with Gasteiger partial charge in [-0.15, -0.1) is 6.58 Å². The van der Waals surface area contributed by atoms with Crippen LogP contribution >= 0.6 is 0 Å². The van der Waals surface area contributed by atoms with Gasteiger partial charge in [0.2, 0.25) is 12.5 Å². The van der Waals surface area contributed by atoms with Crippen LogP contribution in [0.3, 0.4) is 0 Å². The largest absolute Gasteiger partial charge is 0.493 e. The number of benzene rings is 1. The van der Waals surface area contributed by atoms with Crippen molar-refractivity contribution >= 4 is 0 Å². The Balaban J connectivity index is 2.17. The van der Waals surface area contributed by atoms with Gasteiger partial charge >= 0.3 is 0 Å². The normalized spacial score (nSPS) is 12.6. The minimum Gasteiger partial charge on any atom is -0.493 e. The maximum Gasteiger partial charge on any atom is 0.231 e. The summed E-state index contributed by atoms with van der Waals surface area (Å²) in [5.74, 6) is 2.15. The fourth-order valence-electron chi connectivity index (χ4n) is 1.60. The third kappa shape index (κ3) is 2.12. The zero-order chi connectivity index (χ0) is 11.4. The van der Waals surface area contributed by atoms with Gasteiger partial charge in [0.1, 0.15) is 0 Å². The van der Waals surface area contributed by atoms with Gasteiger partial charge in [-0.05, 0) is 17.7 Å². The molecule has 0 fully saturated rings. The van der Waals surface area contributed by atoms with Gasteiger partial charge < -0.3 is 19.5 Å². The van der Waals surface area contributed by atoms with Crippen LogP contribution in [-0.2, 0) is 6.54 Å². The van der Waals surface area contributed by atoms with Crippen molar-refractivity contribution in [2.45, 2.75) is 6.54 Å². The molecule has 1 aliphatic rings. The highest BCUT2D eigenvalue weighted by atomic mass is 16.7. The molecule has 0 amide bonds. The minimum atomic E-state index is 0.259. The van der Waals surface area contributed by atoms with Crippen LogP contribution in [-0.4, -0.2) is 20.4 Å². The first-order valence-corrected chi connectivity index (χ1v) is 5.13. The Bertz CT molecular complexity index is 390. The van der Waals surface area contributed by atoms with Crippen molar-refractivity contribution in [2.24, 2.45) is 0 Å². The molecule has 0 bridgehead atoms. The van der Waals surface area contributed by atoms with Crippen molar-refractivity contribution in [3.8, 4) is 17.2 Å². The summed E-state index contributed by atoms with van der Waals surface area (Å²) in [6, 6.07) is 3.91. The molecule has 0 unspecified atom stereocenters.